The lowest BCUT2D eigenvalue weighted by Gasteiger charge is -2.05. The molecule has 0 fully saturated rings. The van der Waals surface area contributed by atoms with Crippen LogP contribution in [0.5, 0.6) is 5.75 Å². The molecule has 90 valence electrons. The molecule has 2 aromatic heterocycles. The summed E-state index contributed by atoms with van der Waals surface area (Å²) in [5.41, 5.74) is 1.30. The van der Waals surface area contributed by atoms with E-state index in [9.17, 15) is 4.39 Å². The molecule has 2 heterocycles. The minimum absolute atomic E-state index is 0.284. The van der Waals surface area contributed by atoms with Crippen molar-refractivity contribution in [3.8, 4) is 17.1 Å². The molecule has 0 aliphatic heterocycles. The molecule has 0 amide bonds. The third-order valence-corrected chi connectivity index (χ3v) is 2.87. The molecule has 3 rings (SSSR count). The summed E-state index contributed by atoms with van der Waals surface area (Å²) in [6, 6.07) is 10.3. The summed E-state index contributed by atoms with van der Waals surface area (Å²) in [6.07, 6.45) is 3.52. The largest absolute Gasteiger partial charge is 0.494 e. The second-order valence-corrected chi connectivity index (χ2v) is 3.89. The van der Waals surface area contributed by atoms with Crippen LogP contribution in [0.3, 0.4) is 0 Å². The Morgan fingerprint density at radius 2 is 2.00 bits per heavy atom. The van der Waals surface area contributed by atoms with Crippen molar-refractivity contribution in [2.75, 3.05) is 7.11 Å². The molecule has 0 N–H and O–H groups in total. The van der Waals surface area contributed by atoms with Crippen LogP contribution in [0.25, 0.3) is 16.9 Å². The van der Waals surface area contributed by atoms with Gasteiger partial charge in [0.2, 0.25) is 0 Å². The Morgan fingerprint density at radius 1 is 1.17 bits per heavy atom. The summed E-state index contributed by atoms with van der Waals surface area (Å²) < 4.78 is 20.8. The zero-order chi connectivity index (χ0) is 12.5. The van der Waals surface area contributed by atoms with Crippen LogP contribution >= 0.6 is 0 Å². The first-order valence-electron chi connectivity index (χ1n) is 5.56. The number of hydrogen-bond donors (Lipinski definition) is 0. The molecule has 0 aliphatic rings. The van der Waals surface area contributed by atoms with Crippen molar-refractivity contribution in [1.82, 2.24) is 9.38 Å². The van der Waals surface area contributed by atoms with E-state index in [4.69, 9.17) is 4.74 Å². The van der Waals surface area contributed by atoms with Crippen molar-refractivity contribution in [1.29, 1.82) is 0 Å². The van der Waals surface area contributed by atoms with E-state index in [2.05, 4.69) is 4.98 Å². The van der Waals surface area contributed by atoms with Gasteiger partial charge in [-0.3, -0.25) is 4.40 Å². The fraction of sp³-hybridized carbons (Fsp3) is 0.0714. The topological polar surface area (TPSA) is 26.5 Å². The van der Waals surface area contributed by atoms with Crippen LogP contribution in [-0.2, 0) is 0 Å². The molecule has 0 unspecified atom stereocenters. The Hall–Kier alpha value is -2.36. The highest BCUT2D eigenvalue weighted by molar-refractivity contribution is 5.67. The summed E-state index contributed by atoms with van der Waals surface area (Å²) in [5, 5.41) is 0. The molecule has 3 nitrogen and oxygen atoms in total. The van der Waals surface area contributed by atoms with Gasteiger partial charge in [-0.05, 0) is 24.3 Å². The normalized spacial score (nSPS) is 10.8. The third kappa shape index (κ3) is 1.54. The van der Waals surface area contributed by atoms with Crippen molar-refractivity contribution >= 4 is 5.52 Å². The molecule has 1 aromatic carbocycles. The Morgan fingerprint density at radius 3 is 2.78 bits per heavy atom. The van der Waals surface area contributed by atoms with Gasteiger partial charge in [-0.2, -0.15) is 0 Å². The summed E-state index contributed by atoms with van der Waals surface area (Å²) in [5.74, 6) is 1.00. The molecule has 0 bridgehead atoms. The quantitative estimate of drug-likeness (QED) is 0.690. The monoisotopic (exact) mass is 242 g/mol. The van der Waals surface area contributed by atoms with Crippen LogP contribution in [0.1, 0.15) is 0 Å². The van der Waals surface area contributed by atoms with Crippen molar-refractivity contribution < 1.29 is 9.13 Å². The molecule has 0 saturated carbocycles. The molecule has 0 spiro atoms. The van der Waals surface area contributed by atoms with Crippen LogP contribution in [-0.4, -0.2) is 16.5 Å². The number of rotatable bonds is 2. The maximum Gasteiger partial charge on any atom is 0.147 e. The lowest BCUT2D eigenvalue weighted by Crippen LogP contribution is -1.93. The van der Waals surface area contributed by atoms with E-state index in [0.717, 1.165) is 5.52 Å². The van der Waals surface area contributed by atoms with Gasteiger partial charge < -0.3 is 4.74 Å². The van der Waals surface area contributed by atoms with E-state index in [0.29, 0.717) is 17.1 Å². The molecule has 0 saturated heterocycles. The second-order valence-electron chi connectivity index (χ2n) is 3.89. The number of fused-ring (bicyclic) bond motifs is 1. The van der Waals surface area contributed by atoms with Gasteiger partial charge in [0.05, 0.1) is 18.9 Å². The van der Waals surface area contributed by atoms with E-state index in [1.165, 1.54) is 6.07 Å². The average molecular weight is 242 g/mol. The summed E-state index contributed by atoms with van der Waals surface area (Å²) in [4.78, 5) is 4.28. The molecule has 18 heavy (non-hydrogen) atoms. The minimum atomic E-state index is -0.284. The molecule has 0 radical (unpaired) electrons. The number of methoxy groups -OCH3 is 1. The van der Waals surface area contributed by atoms with Gasteiger partial charge in [0.25, 0.3) is 0 Å². The highest BCUT2D eigenvalue weighted by Gasteiger charge is 2.12. The lowest BCUT2D eigenvalue weighted by atomic mass is 10.2. The predicted molar refractivity (Wildman–Crippen MR) is 67.1 cm³/mol. The Labute approximate surface area is 103 Å². The average Bonchev–Trinajstić information content (AvgIpc) is 2.83. The fourth-order valence-electron chi connectivity index (χ4n) is 2.01. The fourth-order valence-corrected chi connectivity index (χ4v) is 2.01. The summed E-state index contributed by atoms with van der Waals surface area (Å²) in [6.45, 7) is 0. The SMILES string of the molecule is COc1cccn2c(-c3ccccc3F)ncc12. The van der Waals surface area contributed by atoms with Crippen molar-refractivity contribution in [2.24, 2.45) is 0 Å². The molecular formula is C14H11FN2O. The number of hydrogen-bond acceptors (Lipinski definition) is 2. The number of nitrogens with zero attached hydrogens (tertiary/aromatic N) is 2. The first-order chi connectivity index (χ1) is 8.81. The van der Waals surface area contributed by atoms with Gasteiger partial charge in [0, 0.05) is 6.20 Å². The first kappa shape index (κ1) is 10.8. The summed E-state index contributed by atoms with van der Waals surface area (Å²) >= 11 is 0. The second kappa shape index (κ2) is 4.14. The smallest absolute Gasteiger partial charge is 0.147 e. The van der Waals surface area contributed by atoms with Crippen molar-refractivity contribution in [2.45, 2.75) is 0 Å². The Balaban J connectivity index is 2.29. The van der Waals surface area contributed by atoms with Gasteiger partial charge in [-0.15, -0.1) is 0 Å². The number of benzene rings is 1. The van der Waals surface area contributed by atoms with Gasteiger partial charge >= 0.3 is 0 Å². The number of imidazole rings is 1. The minimum Gasteiger partial charge on any atom is -0.494 e. The number of ether oxygens (including phenoxy) is 1. The van der Waals surface area contributed by atoms with E-state index in [1.807, 2.05) is 22.7 Å². The van der Waals surface area contributed by atoms with Crippen LogP contribution in [0, 0.1) is 5.82 Å². The first-order valence-corrected chi connectivity index (χ1v) is 5.56. The number of pyridine rings is 1. The molecular weight excluding hydrogens is 231 g/mol. The molecule has 4 heteroatoms. The van der Waals surface area contributed by atoms with E-state index in [1.54, 1.807) is 31.5 Å². The van der Waals surface area contributed by atoms with Crippen LogP contribution in [0.4, 0.5) is 4.39 Å². The van der Waals surface area contributed by atoms with E-state index in [-0.39, 0.29) is 5.82 Å². The maximum atomic E-state index is 13.8. The standard InChI is InChI=1S/C14H11FN2O/c1-18-13-7-4-8-17-12(13)9-16-14(17)10-5-2-3-6-11(10)15/h2-9H,1H3. The molecule has 0 aliphatic carbocycles. The van der Waals surface area contributed by atoms with Crippen molar-refractivity contribution in [3.63, 3.8) is 0 Å². The third-order valence-electron chi connectivity index (χ3n) is 2.87. The highest BCUT2D eigenvalue weighted by Crippen LogP contribution is 2.26. The molecule has 3 aromatic rings. The van der Waals surface area contributed by atoms with Crippen LogP contribution < -0.4 is 4.74 Å². The zero-order valence-electron chi connectivity index (χ0n) is 9.80. The van der Waals surface area contributed by atoms with E-state index < -0.39 is 0 Å². The maximum absolute atomic E-state index is 13.8. The number of halogens is 1. The van der Waals surface area contributed by atoms with Gasteiger partial charge in [0.1, 0.15) is 22.9 Å². The Bertz CT molecular complexity index is 706. The molecule has 0 atom stereocenters. The van der Waals surface area contributed by atoms with Gasteiger partial charge in [-0.25, -0.2) is 9.37 Å². The zero-order valence-corrected chi connectivity index (χ0v) is 9.80. The highest BCUT2D eigenvalue weighted by atomic mass is 19.1. The van der Waals surface area contributed by atoms with Gasteiger partial charge in [0.15, 0.2) is 0 Å². The number of aromatic nitrogens is 2. The Kier molecular flexibility index (Phi) is 2.48. The van der Waals surface area contributed by atoms with Gasteiger partial charge in [-0.1, -0.05) is 12.1 Å². The predicted octanol–water partition coefficient (Wildman–Crippen LogP) is 3.15. The lowest BCUT2D eigenvalue weighted by molar-refractivity contribution is 0.418. The van der Waals surface area contributed by atoms with E-state index >= 15 is 0 Å². The summed E-state index contributed by atoms with van der Waals surface area (Å²) in [7, 11) is 1.60. The van der Waals surface area contributed by atoms with Crippen LogP contribution in [0.2, 0.25) is 0 Å². The van der Waals surface area contributed by atoms with Crippen molar-refractivity contribution in [3.05, 3.63) is 54.6 Å². The van der Waals surface area contributed by atoms with Crippen LogP contribution in [0.15, 0.2) is 48.8 Å².